The van der Waals surface area contributed by atoms with Crippen molar-refractivity contribution in [3.8, 4) is 0 Å². The fourth-order valence-corrected chi connectivity index (χ4v) is 0.595. The Morgan fingerprint density at radius 2 is 0.750 bits per heavy atom. The van der Waals surface area contributed by atoms with E-state index >= 15 is 0 Å². The summed E-state index contributed by atoms with van der Waals surface area (Å²) in [5, 5.41) is 47.5. The molecule has 0 unspecified atom stereocenters. The molecule has 24 heavy (non-hydrogen) atoms. The van der Waals surface area contributed by atoms with Crippen LogP contribution in [-0.4, -0.2) is 62.7 Å². The van der Waals surface area contributed by atoms with E-state index in [1.54, 1.807) is 20.8 Å². The summed E-state index contributed by atoms with van der Waals surface area (Å²) in [7, 11) is 0. The Kier molecular flexibility index (Phi) is 40.1. The first-order chi connectivity index (χ1) is 11.2. The molecule has 0 aliphatic carbocycles. The zero-order valence-electron chi connectivity index (χ0n) is 16.2. The van der Waals surface area contributed by atoms with E-state index in [1.807, 2.05) is 0 Å². The molecule has 0 fully saturated rings. The van der Waals surface area contributed by atoms with Gasteiger partial charge in [-0.1, -0.05) is 47.5 Å². The summed E-state index contributed by atoms with van der Waals surface area (Å²) in [6.45, 7) is 11.4. The molecule has 0 spiro atoms. The van der Waals surface area contributed by atoms with E-state index in [4.69, 9.17) is 35.4 Å². The van der Waals surface area contributed by atoms with E-state index in [9.17, 15) is 0 Å². The summed E-state index contributed by atoms with van der Waals surface area (Å²) >= 11 is 0. The van der Waals surface area contributed by atoms with Crippen molar-refractivity contribution in [2.24, 2.45) is 0 Å². The van der Waals surface area contributed by atoms with Crippen LogP contribution in [0, 0.1) is 0 Å². The molecule has 7 nitrogen and oxygen atoms in total. The van der Waals surface area contributed by atoms with Gasteiger partial charge in [0.2, 0.25) is 0 Å². The van der Waals surface area contributed by atoms with Crippen LogP contribution in [0.5, 0.6) is 0 Å². The predicted molar refractivity (Wildman–Crippen MR) is 96.2 cm³/mol. The van der Waals surface area contributed by atoms with Crippen molar-refractivity contribution in [2.45, 2.75) is 98.4 Å². The summed E-state index contributed by atoms with van der Waals surface area (Å²) in [5.74, 6) is 0. The number of unbranched alkanes of at least 4 members (excludes halogenated alkanes) is 2. The molecule has 0 amide bonds. The summed E-state index contributed by atoms with van der Waals surface area (Å²) in [6.07, 6.45) is 2.81. The van der Waals surface area contributed by atoms with E-state index in [0.717, 1.165) is 13.2 Å². The third-order valence-corrected chi connectivity index (χ3v) is 2.38. The number of hydrogen-bond donors (Lipinski definition) is 6. The molecular weight excluding hydrogens is 316 g/mol. The minimum atomic E-state index is -1.12. The standard InChI is InChI=1S/C8H18O.3C3H8O2/c1-3-5-7-9-8-6-4-2;3*1-2-3(4)5/h3-8H2,1-2H3;3*3-5H,2H2,1H3. The molecule has 0 aliphatic heterocycles. The first kappa shape index (κ1) is 31.5. The van der Waals surface area contributed by atoms with Crippen molar-refractivity contribution in [1.82, 2.24) is 0 Å². The second kappa shape index (κ2) is 30.6. The lowest BCUT2D eigenvalue weighted by atomic mass is 10.3. The zero-order valence-corrected chi connectivity index (χ0v) is 16.2. The maximum atomic E-state index is 7.92. The van der Waals surface area contributed by atoms with Crippen molar-refractivity contribution in [3.63, 3.8) is 0 Å². The van der Waals surface area contributed by atoms with Crippen LogP contribution < -0.4 is 0 Å². The third-order valence-electron chi connectivity index (χ3n) is 2.38. The van der Waals surface area contributed by atoms with Gasteiger partial charge in [-0.2, -0.15) is 0 Å². The van der Waals surface area contributed by atoms with Crippen molar-refractivity contribution >= 4 is 0 Å². The highest BCUT2D eigenvalue weighted by Gasteiger charge is 1.85. The van der Waals surface area contributed by atoms with Crippen molar-refractivity contribution in [2.75, 3.05) is 13.2 Å². The number of rotatable bonds is 9. The average molecular weight is 359 g/mol. The molecule has 0 atom stereocenters. The van der Waals surface area contributed by atoms with Crippen LogP contribution in [0.25, 0.3) is 0 Å². The molecule has 0 aromatic rings. The maximum Gasteiger partial charge on any atom is 0.151 e. The fourth-order valence-electron chi connectivity index (χ4n) is 0.595. The lowest BCUT2D eigenvalue weighted by molar-refractivity contribution is -0.0420. The fraction of sp³-hybridized carbons (Fsp3) is 1.00. The van der Waals surface area contributed by atoms with E-state index < -0.39 is 18.9 Å². The molecule has 0 bridgehead atoms. The Balaban J connectivity index is -0.000000116. The molecule has 0 rings (SSSR count). The van der Waals surface area contributed by atoms with Crippen LogP contribution in [0.3, 0.4) is 0 Å². The van der Waals surface area contributed by atoms with Gasteiger partial charge in [0.1, 0.15) is 0 Å². The Morgan fingerprint density at radius 1 is 0.542 bits per heavy atom. The van der Waals surface area contributed by atoms with E-state index in [1.165, 1.54) is 25.7 Å². The van der Waals surface area contributed by atoms with Gasteiger partial charge in [0.25, 0.3) is 0 Å². The summed E-state index contributed by atoms with van der Waals surface area (Å²) in [6, 6.07) is 0. The molecule has 152 valence electrons. The Hall–Kier alpha value is -0.280. The van der Waals surface area contributed by atoms with E-state index in [-0.39, 0.29) is 0 Å². The third kappa shape index (κ3) is 67.9. The van der Waals surface area contributed by atoms with Crippen LogP contribution >= 0.6 is 0 Å². The van der Waals surface area contributed by atoms with Gasteiger partial charge in [0.05, 0.1) is 0 Å². The first-order valence-electron chi connectivity index (χ1n) is 8.89. The topological polar surface area (TPSA) is 131 Å². The SMILES string of the molecule is CCC(O)O.CCC(O)O.CCC(O)O.CCCCOCCCC. The van der Waals surface area contributed by atoms with Gasteiger partial charge >= 0.3 is 0 Å². The highest BCUT2D eigenvalue weighted by atomic mass is 16.5. The Morgan fingerprint density at radius 3 is 0.875 bits per heavy atom. The second-order valence-corrected chi connectivity index (χ2v) is 4.99. The number of aliphatic hydroxyl groups excluding tert-OH is 3. The quantitative estimate of drug-likeness (QED) is 0.273. The summed E-state index contributed by atoms with van der Waals surface area (Å²) in [5.41, 5.74) is 0. The molecular formula is C17H42O7. The van der Waals surface area contributed by atoms with Gasteiger partial charge in [-0.25, -0.2) is 0 Å². The van der Waals surface area contributed by atoms with Crippen LogP contribution in [0.4, 0.5) is 0 Å². The van der Waals surface area contributed by atoms with E-state index in [2.05, 4.69) is 13.8 Å². The lowest BCUT2D eigenvalue weighted by Gasteiger charge is -1.99. The van der Waals surface area contributed by atoms with Gasteiger partial charge < -0.3 is 35.4 Å². The molecule has 6 N–H and O–H groups in total. The highest BCUT2D eigenvalue weighted by Crippen LogP contribution is 1.91. The van der Waals surface area contributed by atoms with Crippen molar-refractivity contribution in [3.05, 3.63) is 0 Å². The average Bonchev–Trinajstić information content (AvgIpc) is 2.56. The molecule has 0 aliphatic rings. The van der Waals surface area contributed by atoms with Crippen LogP contribution in [0.15, 0.2) is 0 Å². The largest absolute Gasteiger partial charge is 0.381 e. The van der Waals surface area contributed by atoms with Crippen LogP contribution in [0.1, 0.15) is 79.6 Å². The molecule has 0 aromatic heterocycles. The van der Waals surface area contributed by atoms with Gasteiger partial charge in [0.15, 0.2) is 18.9 Å². The maximum absolute atomic E-state index is 7.92. The molecule has 0 radical (unpaired) electrons. The molecule has 7 heteroatoms. The number of ether oxygens (including phenoxy) is 1. The molecule has 0 aromatic carbocycles. The summed E-state index contributed by atoms with van der Waals surface area (Å²) in [4.78, 5) is 0. The monoisotopic (exact) mass is 358 g/mol. The minimum Gasteiger partial charge on any atom is -0.381 e. The molecule has 0 saturated heterocycles. The second-order valence-electron chi connectivity index (χ2n) is 4.99. The minimum absolute atomic E-state index is 0.417. The highest BCUT2D eigenvalue weighted by molar-refractivity contribution is 4.33. The molecule has 0 heterocycles. The Labute approximate surface area is 147 Å². The lowest BCUT2D eigenvalue weighted by Crippen LogP contribution is -1.99. The predicted octanol–water partition coefficient (Wildman–Crippen LogP) is 1.72. The van der Waals surface area contributed by atoms with Gasteiger partial charge in [-0.05, 0) is 32.1 Å². The first-order valence-corrected chi connectivity index (χ1v) is 8.89. The smallest absolute Gasteiger partial charge is 0.151 e. The zero-order chi connectivity index (χ0) is 19.8. The number of aliphatic hydroxyl groups is 6. The van der Waals surface area contributed by atoms with Crippen LogP contribution in [0.2, 0.25) is 0 Å². The van der Waals surface area contributed by atoms with Gasteiger partial charge in [0, 0.05) is 13.2 Å². The van der Waals surface area contributed by atoms with E-state index in [0.29, 0.717) is 19.3 Å². The van der Waals surface area contributed by atoms with Crippen molar-refractivity contribution < 1.29 is 35.4 Å². The van der Waals surface area contributed by atoms with Crippen molar-refractivity contribution in [1.29, 1.82) is 0 Å². The number of hydrogen-bond acceptors (Lipinski definition) is 7. The molecule has 0 saturated carbocycles. The van der Waals surface area contributed by atoms with Crippen LogP contribution in [-0.2, 0) is 4.74 Å². The summed E-state index contributed by atoms with van der Waals surface area (Å²) < 4.78 is 5.31. The normalized spacial score (nSPS) is 9.75. The Bertz CT molecular complexity index is 151. The van der Waals surface area contributed by atoms with Gasteiger partial charge in [-0.15, -0.1) is 0 Å². The van der Waals surface area contributed by atoms with Gasteiger partial charge in [-0.3, -0.25) is 0 Å².